The van der Waals surface area contributed by atoms with Crippen molar-refractivity contribution in [2.24, 2.45) is 0 Å². The van der Waals surface area contributed by atoms with Crippen LogP contribution in [0.15, 0.2) is 45.7 Å². The van der Waals surface area contributed by atoms with Crippen molar-refractivity contribution in [3.05, 3.63) is 58.4 Å². The van der Waals surface area contributed by atoms with Crippen LogP contribution in [0.2, 0.25) is 5.02 Å². The number of carbonyl (C=O) groups is 1. The molecule has 4 rings (SSSR count). The number of piperazine rings is 1. The second-order valence-electron chi connectivity index (χ2n) is 8.36. The van der Waals surface area contributed by atoms with Gasteiger partial charge in [-0.05, 0) is 56.7 Å². The van der Waals surface area contributed by atoms with Crippen LogP contribution in [0.5, 0.6) is 0 Å². The zero-order chi connectivity index (χ0) is 24.5. The third-order valence-corrected chi connectivity index (χ3v) is 8.50. The highest BCUT2D eigenvalue weighted by Gasteiger charge is 2.29. The van der Waals surface area contributed by atoms with E-state index in [1.165, 1.54) is 10.4 Å². The zero-order valence-electron chi connectivity index (χ0n) is 19.6. The van der Waals surface area contributed by atoms with Crippen LogP contribution in [0.25, 0.3) is 11.1 Å². The average molecular weight is 505 g/mol. The summed E-state index contributed by atoms with van der Waals surface area (Å²) < 4.78 is 33.4. The Morgan fingerprint density at radius 1 is 1.09 bits per heavy atom. The summed E-state index contributed by atoms with van der Waals surface area (Å²) in [5, 5.41) is 0.442. The van der Waals surface area contributed by atoms with E-state index in [9.17, 15) is 13.2 Å². The van der Waals surface area contributed by atoms with Gasteiger partial charge >= 0.3 is 0 Å². The minimum Gasteiger partial charge on any atom is -0.439 e. The van der Waals surface area contributed by atoms with Crippen molar-refractivity contribution in [1.82, 2.24) is 19.1 Å². The van der Waals surface area contributed by atoms with E-state index in [2.05, 4.69) is 9.88 Å². The first kappa shape index (κ1) is 24.7. The van der Waals surface area contributed by atoms with Gasteiger partial charge in [0.1, 0.15) is 5.52 Å². The summed E-state index contributed by atoms with van der Waals surface area (Å²) in [6.45, 7) is 9.38. The number of nitrogens with zero attached hydrogens (tertiary/aromatic N) is 4. The summed E-state index contributed by atoms with van der Waals surface area (Å²) in [6, 6.07) is 10.1. The molecule has 8 nitrogen and oxygen atoms in total. The minimum absolute atomic E-state index is 0.0244. The van der Waals surface area contributed by atoms with Crippen LogP contribution in [0.3, 0.4) is 0 Å². The third-order valence-electron chi connectivity index (χ3n) is 6.20. The summed E-state index contributed by atoms with van der Waals surface area (Å²) in [7, 11) is -3.60. The molecule has 0 unspecified atom stereocenters. The second kappa shape index (κ2) is 10.0. The molecule has 3 aromatic rings. The Morgan fingerprint density at radius 2 is 1.79 bits per heavy atom. The van der Waals surface area contributed by atoms with Gasteiger partial charge in [0.05, 0.1) is 11.4 Å². The van der Waals surface area contributed by atoms with Gasteiger partial charge in [0.25, 0.3) is 5.91 Å². The normalized spacial score (nSPS) is 15.6. The number of fused-ring (bicyclic) bond motifs is 1. The van der Waals surface area contributed by atoms with Crippen LogP contribution in [0.1, 0.15) is 35.7 Å². The van der Waals surface area contributed by atoms with E-state index in [0.717, 1.165) is 5.56 Å². The van der Waals surface area contributed by atoms with Gasteiger partial charge in [-0.25, -0.2) is 13.4 Å². The van der Waals surface area contributed by atoms with Crippen molar-refractivity contribution in [3.8, 4) is 0 Å². The van der Waals surface area contributed by atoms with Crippen molar-refractivity contribution >= 4 is 38.6 Å². The predicted octanol–water partition coefficient (Wildman–Crippen LogP) is 3.78. The van der Waals surface area contributed by atoms with Crippen LogP contribution in [-0.2, 0) is 16.6 Å². The highest BCUT2D eigenvalue weighted by atomic mass is 35.5. The summed E-state index contributed by atoms with van der Waals surface area (Å²) >= 11 is 6.13. The van der Waals surface area contributed by atoms with Crippen LogP contribution in [-0.4, -0.2) is 72.7 Å². The van der Waals surface area contributed by atoms with Crippen molar-refractivity contribution in [2.75, 3.05) is 39.3 Å². The molecule has 1 amide bonds. The lowest BCUT2D eigenvalue weighted by atomic mass is 10.2. The maximum atomic E-state index is 13.0. The van der Waals surface area contributed by atoms with Gasteiger partial charge in [-0.15, -0.1) is 0 Å². The summed E-state index contributed by atoms with van der Waals surface area (Å²) in [5.74, 6) is 0.521. The standard InChI is InChI=1S/C24H29ClN4O4S/c1-4-28(5-2)24(30)18-7-9-22-21(14-18)26-23(33-22)16-27-10-12-29(13-11-27)34(31,32)19-8-6-17(3)20(25)15-19/h6-9,14-15H,4-5,10-13,16H2,1-3H3. The molecule has 0 aliphatic carbocycles. The molecule has 1 aliphatic heterocycles. The number of sulfonamides is 1. The third kappa shape index (κ3) is 4.98. The molecule has 2 heterocycles. The number of benzene rings is 2. The monoisotopic (exact) mass is 504 g/mol. The van der Waals surface area contributed by atoms with Crippen LogP contribution in [0, 0.1) is 6.92 Å². The van der Waals surface area contributed by atoms with Gasteiger partial charge in [0, 0.05) is 49.9 Å². The lowest BCUT2D eigenvalue weighted by Crippen LogP contribution is -2.48. The number of carbonyl (C=O) groups excluding carboxylic acids is 1. The number of rotatable bonds is 7. The molecular weight excluding hydrogens is 476 g/mol. The molecule has 0 saturated carbocycles. The summed E-state index contributed by atoms with van der Waals surface area (Å²) in [4.78, 5) is 21.3. The van der Waals surface area contributed by atoms with Crippen LogP contribution in [0.4, 0.5) is 0 Å². The number of halogens is 1. The van der Waals surface area contributed by atoms with Crippen LogP contribution < -0.4 is 0 Å². The van der Waals surface area contributed by atoms with Crippen molar-refractivity contribution in [3.63, 3.8) is 0 Å². The average Bonchev–Trinajstić information content (AvgIpc) is 3.23. The Balaban J connectivity index is 1.41. The Bertz CT molecular complexity index is 1300. The quantitative estimate of drug-likeness (QED) is 0.486. The fourth-order valence-electron chi connectivity index (χ4n) is 4.07. The first-order chi connectivity index (χ1) is 16.2. The lowest BCUT2D eigenvalue weighted by molar-refractivity contribution is 0.0773. The minimum atomic E-state index is -3.60. The van der Waals surface area contributed by atoms with E-state index in [4.69, 9.17) is 16.0 Å². The topological polar surface area (TPSA) is 87.0 Å². The number of hydrogen-bond acceptors (Lipinski definition) is 6. The molecule has 0 atom stereocenters. The van der Waals surface area contributed by atoms with Gasteiger partial charge in [-0.3, -0.25) is 9.69 Å². The number of aryl methyl sites for hydroxylation is 1. The van der Waals surface area contributed by atoms with E-state index in [1.807, 2.05) is 20.8 Å². The molecule has 1 saturated heterocycles. The van der Waals surface area contributed by atoms with Crippen molar-refractivity contribution < 1.29 is 17.6 Å². The maximum absolute atomic E-state index is 13.0. The lowest BCUT2D eigenvalue weighted by Gasteiger charge is -2.33. The Kier molecular flexibility index (Phi) is 7.28. The van der Waals surface area contributed by atoms with Gasteiger partial charge in [0.15, 0.2) is 5.58 Å². The molecule has 0 radical (unpaired) electrons. The fourth-order valence-corrected chi connectivity index (χ4v) is 5.77. The number of oxazole rings is 1. The van der Waals surface area contributed by atoms with E-state index < -0.39 is 10.0 Å². The maximum Gasteiger partial charge on any atom is 0.253 e. The Labute approximate surface area is 205 Å². The fraction of sp³-hybridized carbons (Fsp3) is 0.417. The smallest absolute Gasteiger partial charge is 0.253 e. The zero-order valence-corrected chi connectivity index (χ0v) is 21.2. The highest BCUT2D eigenvalue weighted by molar-refractivity contribution is 7.89. The molecule has 2 aromatic carbocycles. The van der Waals surface area contributed by atoms with Crippen LogP contribution >= 0.6 is 11.6 Å². The molecule has 1 aromatic heterocycles. The largest absolute Gasteiger partial charge is 0.439 e. The van der Waals surface area contributed by atoms with Gasteiger partial charge in [0.2, 0.25) is 15.9 Å². The molecular formula is C24H29ClN4O4S. The molecule has 0 bridgehead atoms. The van der Waals surface area contributed by atoms with Crippen molar-refractivity contribution in [2.45, 2.75) is 32.2 Å². The molecule has 10 heteroatoms. The first-order valence-electron chi connectivity index (χ1n) is 11.4. The molecule has 1 fully saturated rings. The van der Waals surface area contributed by atoms with E-state index in [1.54, 1.807) is 35.2 Å². The number of hydrogen-bond donors (Lipinski definition) is 0. The van der Waals surface area contributed by atoms with Gasteiger partial charge in [-0.2, -0.15) is 4.31 Å². The van der Waals surface area contributed by atoms with Gasteiger partial charge in [-0.1, -0.05) is 17.7 Å². The predicted molar refractivity (Wildman–Crippen MR) is 131 cm³/mol. The van der Waals surface area contributed by atoms with E-state index in [-0.39, 0.29) is 10.8 Å². The number of aromatic nitrogens is 1. The van der Waals surface area contributed by atoms with Gasteiger partial charge < -0.3 is 9.32 Å². The van der Waals surface area contributed by atoms with E-state index >= 15 is 0 Å². The SMILES string of the molecule is CCN(CC)C(=O)c1ccc2oc(CN3CCN(S(=O)(=O)c4ccc(C)c(Cl)c4)CC3)nc2c1. The van der Waals surface area contributed by atoms with E-state index in [0.29, 0.717) is 73.4 Å². The first-order valence-corrected chi connectivity index (χ1v) is 13.2. The molecule has 0 N–H and O–H groups in total. The molecule has 0 spiro atoms. The highest BCUT2D eigenvalue weighted by Crippen LogP contribution is 2.24. The summed E-state index contributed by atoms with van der Waals surface area (Å²) in [6.07, 6.45) is 0. The second-order valence-corrected chi connectivity index (χ2v) is 10.7. The molecule has 182 valence electrons. The molecule has 34 heavy (non-hydrogen) atoms. The summed E-state index contributed by atoms with van der Waals surface area (Å²) in [5.41, 5.74) is 2.70. The Morgan fingerprint density at radius 3 is 2.44 bits per heavy atom. The number of amides is 1. The Hall–Kier alpha value is -2.46. The van der Waals surface area contributed by atoms with Crippen molar-refractivity contribution in [1.29, 1.82) is 0 Å². The molecule has 1 aliphatic rings.